The molecule has 88 valence electrons. The third-order valence-electron chi connectivity index (χ3n) is 2.15. The highest BCUT2D eigenvalue weighted by Crippen LogP contribution is 2.17. The van der Waals surface area contributed by atoms with Gasteiger partial charge in [-0.05, 0) is 41.9 Å². The predicted molar refractivity (Wildman–Crippen MR) is 65.9 cm³/mol. The average molecular weight is 296 g/mol. The van der Waals surface area contributed by atoms with Gasteiger partial charge in [-0.25, -0.2) is 4.98 Å². The fourth-order valence-corrected chi connectivity index (χ4v) is 1.72. The van der Waals surface area contributed by atoms with Gasteiger partial charge in [-0.2, -0.15) is 0 Å². The lowest BCUT2D eigenvalue weighted by Gasteiger charge is -2.05. The lowest BCUT2D eigenvalue weighted by atomic mass is 10.3. The summed E-state index contributed by atoms with van der Waals surface area (Å²) in [6.07, 6.45) is 0. The van der Waals surface area contributed by atoms with Gasteiger partial charge in [-0.1, -0.05) is 5.16 Å². The molecule has 0 aromatic carbocycles. The third kappa shape index (κ3) is 2.71. The summed E-state index contributed by atoms with van der Waals surface area (Å²) in [6.45, 7) is 3.57. The number of pyridine rings is 1. The van der Waals surface area contributed by atoms with E-state index in [9.17, 15) is 4.79 Å². The average Bonchev–Trinajstić information content (AvgIpc) is 2.69. The smallest absolute Gasteiger partial charge is 0.294 e. The molecule has 0 aliphatic rings. The molecule has 5 nitrogen and oxygen atoms in total. The molecular formula is C11H10BrN3O2. The lowest BCUT2D eigenvalue weighted by Crippen LogP contribution is -2.12. The Labute approximate surface area is 106 Å². The summed E-state index contributed by atoms with van der Waals surface area (Å²) in [4.78, 5) is 16.0. The minimum Gasteiger partial charge on any atom is -0.351 e. The van der Waals surface area contributed by atoms with Crippen molar-refractivity contribution < 1.29 is 9.32 Å². The minimum atomic E-state index is -0.335. The highest BCUT2D eigenvalue weighted by Gasteiger charge is 2.13. The Morgan fingerprint density at radius 2 is 2.18 bits per heavy atom. The molecule has 2 heterocycles. The summed E-state index contributed by atoms with van der Waals surface area (Å²) >= 11 is 3.26. The largest absolute Gasteiger partial charge is 0.351 e. The number of anilines is 1. The van der Waals surface area contributed by atoms with Crippen molar-refractivity contribution in [3.8, 4) is 0 Å². The van der Waals surface area contributed by atoms with Gasteiger partial charge in [0.2, 0.25) is 5.76 Å². The first-order chi connectivity index (χ1) is 8.06. The van der Waals surface area contributed by atoms with Crippen molar-refractivity contribution in [1.82, 2.24) is 10.1 Å². The highest BCUT2D eigenvalue weighted by molar-refractivity contribution is 9.10. The van der Waals surface area contributed by atoms with Crippen LogP contribution in [-0.2, 0) is 0 Å². The van der Waals surface area contributed by atoms with Crippen LogP contribution in [0, 0.1) is 13.8 Å². The minimum absolute atomic E-state index is 0.185. The van der Waals surface area contributed by atoms with E-state index in [1.165, 1.54) is 0 Å². The van der Waals surface area contributed by atoms with Gasteiger partial charge in [-0.3, -0.25) is 4.79 Å². The van der Waals surface area contributed by atoms with Gasteiger partial charge < -0.3 is 9.84 Å². The summed E-state index contributed by atoms with van der Waals surface area (Å²) < 4.78 is 5.60. The van der Waals surface area contributed by atoms with E-state index < -0.39 is 0 Å². The highest BCUT2D eigenvalue weighted by atomic mass is 79.9. The molecule has 2 aromatic heterocycles. The molecule has 0 unspecified atom stereocenters. The van der Waals surface area contributed by atoms with E-state index in [1.54, 1.807) is 25.1 Å². The number of hydrogen-bond acceptors (Lipinski definition) is 4. The van der Waals surface area contributed by atoms with Crippen molar-refractivity contribution in [2.75, 3.05) is 5.32 Å². The summed E-state index contributed by atoms with van der Waals surface area (Å²) in [5, 5.41) is 6.37. The second-order valence-electron chi connectivity index (χ2n) is 3.55. The summed E-state index contributed by atoms with van der Waals surface area (Å²) in [7, 11) is 0. The van der Waals surface area contributed by atoms with Crippen molar-refractivity contribution in [3.63, 3.8) is 0 Å². The van der Waals surface area contributed by atoms with Crippen LogP contribution < -0.4 is 5.32 Å². The molecule has 17 heavy (non-hydrogen) atoms. The van der Waals surface area contributed by atoms with Crippen LogP contribution in [-0.4, -0.2) is 16.0 Å². The summed E-state index contributed by atoms with van der Waals surface area (Å²) in [6, 6.07) is 5.11. The molecule has 0 bridgehead atoms. The maximum atomic E-state index is 11.8. The Bertz CT molecular complexity index is 566. The molecule has 6 heteroatoms. The number of nitrogens with zero attached hydrogens (tertiary/aromatic N) is 2. The zero-order valence-corrected chi connectivity index (χ0v) is 10.9. The fraction of sp³-hybridized carbons (Fsp3) is 0.182. The third-order valence-corrected chi connectivity index (χ3v) is 2.59. The van der Waals surface area contributed by atoms with Crippen molar-refractivity contribution in [2.45, 2.75) is 13.8 Å². The SMILES string of the molecule is Cc1cc(C(=O)Nc2ccc(Br)nc2C)on1. The van der Waals surface area contributed by atoms with Crippen molar-refractivity contribution in [3.05, 3.63) is 40.0 Å². The topological polar surface area (TPSA) is 68.0 Å². The zero-order chi connectivity index (χ0) is 12.4. The Kier molecular flexibility index (Phi) is 3.23. The summed E-state index contributed by atoms with van der Waals surface area (Å²) in [5.74, 6) is -0.150. The number of carbonyl (C=O) groups is 1. The molecule has 0 spiro atoms. The van der Waals surface area contributed by atoms with Crippen LogP contribution in [0.2, 0.25) is 0 Å². The molecule has 0 aliphatic carbocycles. The number of aromatic nitrogens is 2. The predicted octanol–water partition coefficient (Wildman–Crippen LogP) is 2.70. The number of hydrogen-bond donors (Lipinski definition) is 1. The molecule has 0 aliphatic heterocycles. The Balaban J connectivity index is 2.18. The number of halogens is 1. The first-order valence-electron chi connectivity index (χ1n) is 4.94. The monoisotopic (exact) mass is 295 g/mol. The molecule has 1 N–H and O–H groups in total. The van der Waals surface area contributed by atoms with E-state index in [2.05, 4.69) is 31.4 Å². The number of rotatable bonds is 2. The van der Waals surface area contributed by atoms with E-state index in [4.69, 9.17) is 4.52 Å². The van der Waals surface area contributed by atoms with Crippen LogP contribution in [0.5, 0.6) is 0 Å². The summed E-state index contributed by atoms with van der Waals surface area (Å²) in [5.41, 5.74) is 2.04. The van der Waals surface area contributed by atoms with Gasteiger partial charge in [-0.15, -0.1) is 0 Å². The molecule has 0 saturated heterocycles. The van der Waals surface area contributed by atoms with Crippen LogP contribution in [0.4, 0.5) is 5.69 Å². The van der Waals surface area contributed by atoms with E-state index in [0.717, 1.165) is 10.3 Å². The van der Waals surface area contributed by atoms with Crippen LogP contribution in [0.1, 0.15) is 21.9 Å². The number of carbonyl (C=O) groups excluding carboxylic acids is 1. The van der Waals surface area contributed by atoms with Crippen molar-refractivity contribution >= 4 is 27.5 Å². The lowest BCUT2D eigenvalue weighted by molar-refractivity contribution is 0.0987. The van der Waals surface area contributed by atoms with Crippen LogP contribution in [0.3, 0.4) is 0 Å². The first-order valence-corrected chi connectivity index (χ1v) is 5.73. The quantitative estimate of drug-likeness (QED) is 0.865. The van der Waals surface area contributed by atoms with Gasteiger partial charge in [0.1, 0.15) is 4.60 Å². The zero-order valence-electron chi connectivity index (χ0n) is 9.32. The normalized spacial score (nSPS) is 10.3. The molecule has 0 fully saturated rings. The molecule has 0 atom stereocenters. The Morgan fingerprint density at radius 1 is 1.41 bits per heavy atom. The molecule has 0 radical (unpaired) electrons. The van der Waals surface area contributed by atoms with Gasteiger partial charge in [0.25, 0.3) is 5.91 Å². The second kappa shape index (κ2) is 4.67. The number of amides is 1. The van der Waals surface area contributed by atoms with Gasteiger partial charge >= 0.3 is 0 Å². The standard InChI is InChI=1S/C11H10BrN3O2/c1-6-5-9(17-15-6)11(16)14-8-3-4-10(12)13-7(8)2/h3-5H,1-2H3,(H,14,16). The van der Waals surface area contributed by atoms with Crippen LogP contribution in [0.15, 0.2) is 27.3 Å². The van der Waals surface area contributed by atoms with E-state index in [0.29, 0.717) is 11.4 Å². The van der Waals surface area contributed by atoms with Crippen LogP contribution >= 0.6 is 15.9 Å². The Hall–Kier alpha value is -1.69. The fourth-order valence-electron chi connectivity index (χ4n) is 1.32. The van der Waals surface area contributed by atoms with Crippen molar-refractivity contribution in [2.24, 2.45) is 0 Å². The van der Waals surface area contributed by atoms with E-state index in [1.807, 2.05) is 6.92 Å². The number of nitrogens with one attached hydrogen (secondary N) is 1. The van der Waals surface area contributed by atoms with Crippen LogP contribution in [0.25, 0.3) is 0 Å². The van der Waals surface area contributed by atoms with Gasteiger partial charge in [0, 0.05) is 6.07 Å². The van der Waals surface area contributed by atoms with E-state index >= 15 is 0 Å². The first kappa shape index (κ1) is 11.8. The second-order valence-corrected chi connectivity index (χ2v) is 4.37. The van der Waals surface area contributed by atoms with Crippen molar-refractivity contribution in [1.29, 1.82) is 0 Å². The molecule has 2 aromatic rings. The number of aryl methyl sites for hydroxylation is 2. The molecule has 0 saturated carbocycles. The maximum absolute atomic E-state index is 11.8. The molecule has 1 amide bonds. The van der Waals surface area contributed by atoms with E-state index in [-0.39, 0.29) is 11.7 Å². The molecular weight excluding hydrogens is 286 g/mol. The Morgan fingerprint density at radius 3 is 2.76 bits per heavy atom. The maximum Gasteiger partial charge on any atom is 0.294 e. The molecule has 2 rings (SSSR count). The van der Waals surface area contributed by atoms with Gasteiger partial charge in [0.15, 0.2) is 0 Å². The van der Waals surface area contributed by atoms with Gasteiger partial charge in [0.05, 0.1) is 17.1 Å².